The fraction of sp³-hybridized carbons (Fsp3) is 0.500. The zero-order valence-electron chi connectivity index (χ0n) is 17.0. The van der Waals surface area contributed by atoms with E-state index in [9.17, 15) is 0 Å². The van der Waals surface area contributed by atoms with Gasteiger partial charge < -0.3 is 9.64 Å². The highest BCUT2D eigenvalue weighted by Crippen LogP contribution is 2.25. The molecule has 0 saturated carbocycles. The lowest BCUT2D eigenvalue weighted by atomic mass is 9.97. The fourth-order valence-electron chi connectivity index (χ4n) is 4.01. The van der Waals surface area contributed by atoms with Crippen molar-refractivity contribution in [2.24, 2.45) is 5.92 Å². The third-order valence-electron chi connectivity index (χ3n) is 5.69. The number of rotatable bonds is 5. The van der Waals surface area contributed by atoms with Gasteiger partial charge >= 0.3 is 0 Å². The first-order chi connectivity index (χ1) is 12.8. The maximum absolute atomic E-state index is 6.15. The van der Waals surface area contributed by atoms with Crippen LogP contribution in [0.25, 0.3) is 0 Å². The van der Waals surface area contributed by atoms with Gasteiger partial charge in [-0.2, -0.15) is 0 Å². The lowest BCUT2D eigenvalue weighted by Crippen LogP contribution is -2.35. The van der Waals surface area contributed by atoms with Crippen molar-refractivity contribution in [1.29, 1.82) is 0 Å². The minimum atomic E-state index is 0. The SMILES string of the molecule is CN1CCc2ccc(OCC3CCN(Cc4ccccn4)CC3)cc2C1.Cl.Cl.Cl. The van der Waals surface area contributed by atoms with E-state index in [1.54, 1.807) is 0 Å². The molecule has 1 saturated heterocycles. The van der Waals surface area contributed by atoms with E-state index in [0.29, 0.717) is 5.92 Å². The lowest BCUT2D eigenvalue weighted by molar-refractivity contribution is 0.135. The molecule has 0 N–H and O–H groups in total. The van der Waals surface area contributed by atoms with E-state index in [1.165, 1.54) is 29.7 Å². The fourth-order valence-corrected chi connectivity index (χ4v) is 4.01. The van der Waals surface area contributed by atoms with Crippen molar-refractivity contribution in [1.82, 2.24) is 14.8 Å². The predicted octanol–water partition coefficient (Wildman–Crippen LogP) is 4.63. The number of ether oxygens (including phenoxy) is 1. The monoisotopic (exact) mass is 459 g/mol. The van der Waals surface area contributed by atoms with Crippen LogP contribution in [0, 0.1) is 5.92 Å². The summed E-state index contributed by atoms with van der Waals surface area (Å²) in [5.41, 5.74) is 4.08. The molecule has 2 aliphatic rings. The average Bonchev–Trinajstić information content (AvgIpc) is 2.68. The number of piperidine rings is 1. The normalized spacial score (nSPS) is 17.3. The summed E-state index contributed by atoms with van der Waals surface area (Å²) >= 11 is 0. The molecule has 1 aromatic carbocycles. The number of nitrogens with zero attached hydrogens (tertiary/aromatic N) is 3. The van der Waals surface area contributed by atoms with E-state index in [2.05, 4.69) is 52.2 Å². The second kappa shape index (κ2) is 12.6. The number of likely N-dealkylation sites (tertiary alicyclic amines) is 1. The van der Waals surface area contributed by atoms with E-state index in [4.69, 9.17) is 4.74 Å². The van der Waals surface area contributed by atoms with Crippen molar-refractivity contribution in [3.8, 4) is 5.75 Å². The van der Waals surface area contributed by atoms with Gasteiger partial charge in [0.05, 0.1) is 12.3 Å². The topological polar surface area (TPSA) is 28.6 Å². The highest BCUT2D eigenvalue weighted by Gasteiger charge is 2.20. The molecule has 162 valence electrons. The van der Waals surface area contributed by atoms with Gasteiger partial charge in [0, 0.05) is 25.8 Å². The minimum Gasteiger partial charge on any atom is -0.493 e. The second-order valence-electron chi connectivity index (χ2n) is 7.77. The third-order valence-corrected chi connectivity index (χ3v) is 5.69. The molecule has 0 atom stereocenters. The summed E-state index contributed by atoms with van der Waals surface area (Å²) in [6, 6.07) is 12.8. The standard InChI is InChI=1S/C22H29N3O.3ClH/c1-24-11-9-19-5-6-22(14-20(19)15-24)26-17-18-7-12-25(13-8-18)16-21-4-2-3-10-23-21;;;/h2-6,10,14,18H,7-9,11-13,15-17H2,1H3;3*1H. The first-order valence-corrected chi connectivity index (χ1v) is 9.82. The molecular formula is C22H32Cl3N3O. The van der Waals surface area contributed by atoms with Gasteiger partial charge in [0.2, 0.25) is 0 Å². The van der Waals surface area contributed by atoms with Crippen LogP contribution in [0.3, 0.4) is 0 Å². The van der Waals surface area contributed by atoms with Crippen molar-refractivity contribution in [3.63, 3.8) is 0 Å². The molecule has 4 rings (SSSR count). The molecular weight excluding hydrogens is 429 g/mol. The molecule has 0 aliphatic carbocycles. The minimum absolute atomic E-state index is 0. The zero-order valence-corrected chi connectivity index (χ0v) is 19.4. The van der Waals surface area contributed by atoms with Gasteiger partial charge in [0.15, 0.2) is 0 Å². The summed E-state index contributed by atoms with van der Waals surface area (Å²) in [7, 11) is 2.19. The summed E-state index contributed by atoms with van der Waals surface area (Å²) in [5.74, 6) is 1.70. The molecule has 0 spiro atoms. The van der Waals surface area contributed by atoms with Crippen LogP contribution in [0.1, 0.15) is 29.7 Å². The van der Waals surface area contributed by atoms with E-state index in [1.807, 2.05) is 12.3 Å². The zero-order chi connectivity index (χ0) is 17.8. The summed E-state index contributed by atoms with van der Waals surface area (Å²) in [5, 5.41) is 0. The Morgan fingerprint density at radius 3 is 2.52 bits per heavy atom. The van der Waals surface area contributed by atoms with Crippen LogP contribution >= 0.6 is 37.2 Å². The molecule has 0 unspecified atom stereocenters. The first-order valence-electron chi connectivity index (χ1n) is 9.82. The van der Waals surface area contributed by atoms with Crippen molar-refractivity contribution >= 4 is 37.2 Å². The second-order valence-corrected chi connectivity index (χ2v) is 7.77. The number of likely N-dealkylation sites (N-methyl/N-ethyl adjacent to an activating group) is 1. The Morgan fingerprint density at radius 1 is 1.00 bits per heavy atom. The third kappa shape index (κ3) is 7.30. The largest absolute Gasteiger partial charge is 0.493 e. The molecule has 1 fully saturated rings. The maximum atomic E-state index is 6.15. The highest BCUT2D eigenvalue weighted by atomic mass is 35.5. The Bertz CT molecular complexity index is 724. The van der Waals surface area contributed by atoms with Crippen LogP contribution < -0.4 is 4.74 Å². The molecule has 4 nitrogen and oxygen atoms in total. The molecule has 29 heavy (non-hydrogen) atoms. The number of hydrogen-bond donors (Lipinski definition) is 0. The summed E-state index contributed by atoms with van der Waals surface area (Å²) in [6.45, 7) is 6.28. The number of halogens is 3. The van der Waals surface area contributed by atoms with Gasteiger partial charge in [0.1, 0.15) is 5.75 Å². The number of pyridine rings is 1. The Kier molecular flexibility index (Phi) is 11.3. The summed E-state index contributed by atoms with van der Waals surface area (Å²) < 4.78 is 6.15. The van der Waals surface area contributed by atoms with Crippen molar-refractivity contribution < 1.29 is 4.74 Å². The molecule has 0 radical (unpaired) electrons. The van der Waals surface area contributed by atoms with Crippen molar-refractivity contribution in [2.45, 2.75) is 32.4 Å². The van der Waals surface area contributed by atoms with E-state index in [-0.39, 0.29) is 37.2 Å². The van der Waals surface area contributed by atoms with Gasteiger partial charge in [-0.05, 0) is 80.7 Å². The lowest BCUT2D eigenvalue weighted by Gasteiger charge is -2.31. The van der Waals surface area contributed by atoms with Crippen LogP contribution in [0.2, 0.25) is 0 Å². The molecule has 0 amide bonds. The molecule has 0 bridgehead atoms. The Hall–Kier alpha value is -1.04. The summed E-state index contributed by atoms with van der Waals surface area (Å²) in [4.78, 5) is 9.32. The smallest absolute Gasteiger partial charge is 0.119 e. The van der Waals surface area contributed by atoms with Crippen molar-refractivity contribution in [2.75, 3.05) is 33.3 Å². The van der Waals surface area contributed by atoms with Crippen LogP contribution in [0.5, 0.6) is 5.75 Å². The molecule has 1 aromatic heterocycles. The van der Waals surface area contributed by atoms with Gasteiger partial charge in [-0.15, -0.1) is 37.2 Å². The Morgan fingerprint density at radius 2 is 1.79 bits per heavy atom. The summed E-state index contributed by atoms with van der Waals surface area (Å²) in [6.07, 6.45) is 5.45. The quantitative estimate of drug-likeness (QED) is 0.650. The number of aromatic nitrogens is 1. The van der Waals surface area contributed by atoms with Crippen LogP contribution in [-0.2, 0) is 19.5 Å². The van der Waals surface area contributed by atoms with Crippen molar-refractivity contribution in [3.05, 3.63) is 59.4 Å². The number of fused-ring (bicyclic) bond motifs is 1. The highest BCUT2D eigenvalue weighted by molar-refractivity contribution is 5.86. The molecule has 2 aliphatic heterocycles. The van der Waals surface area contributed by atoms with Crippen LogP contribution in [0.15, 0.2) is 42.6 Å². The molecule has 2 aromatic rings. The van der Waals surface area contributed by atoms with Crippen LogP contribution in [-0.4, -0.2) is 48.1 Å². The number of benzene rings is 1. The average molecular weight is 461 g/mol. The maximum Gasteiger partial charge on any atom is 0.119 e. The number of hydrogen-bond acceptors (Lipinski definition) is 4. The van der Waals surface area contributed by atoms with Crippen LogP contribution in [0.4, 0.5) is 0 Å². The van der Waals surface area contributed by atoms with Gasteiger partial charge in [-0.1, -0.05) is 12.1 Å². The van der Waals surface area contributed by atoms with Gasteiger partial charge in [-0.25, -0.2) is 0 Å². The first kappa shape index (κ1) is 26.0. The molecule has 7 heteroatoms. The van der Waals surface area contributed by atoms with Gasteiger partial charge in [-0.3, -0.25) is 9.88 Å². The Balaban J connectivity index is 0.00000140. The van der Waals surface area contributed by atoms with E-state index < -0.39 is 0 Å². The van der Waals surface area contributed by atoms with Gasteiger partial charge in [0.25, 0.3) is 0 Å². The van der Waals surface area contributed by atoms with E-state index in [0.717, 1.165) is 51.5 Å². The predicted molar refractivity (Wildman–Crippen MR) is 126 cm³/mol. The van der Waals surface area contributed by atoms with E-state index >= 15 is 0 Å². The Labute approximate surface area is 193 Å². The molecule has 3 heterocycles.